The van der Waals surface area contributed by atoms with Crippen LogP contribution in [0.2, 0.25) is 10.0 Å². The quantitative estimate of drug-likeness (QED) is 0.289. The molecule has 1 aromatic carbocycles. The molecule has 11 nitrogen and oxygen atoms in total. The van der Waals surface area contributed by atoms with E-state index in [4.69, 9.17) is 32.9 Å². The van der Waals surface area contributed by atoms with Gasteiger partial charge in [0.1, 0.15) is 11.6 Å². The smallest absolute Gasteiger partial charge is 0.220 e. The molecule has 14 heteroatoms. The number of likely N-dealkylation sites (tertiary alicyclic amines) is 1. The summed E-state index contributed by atoms with van der Waals surface area (Å²) in [4.78, 5) is 27.7. The van der Waals surface area contributed by atoms with Gasteiger partial charge in [0, 0.05) is 88.0 Å². The summed E-state index contributed by atoms with van der Waals surface area (Å²) in [6.07, 6.45) is 5.00. The lowest BCUT2D eigenvalue weighted by Gasteiger charge is -2.35. The Bertz CT molecular complexity index is 1610. The molecule has 0 spiro atoms. The highest BCUT2D eigenvalue weighted by molar-refractivity contribution is 7.88. The first-order valence-corrected chi connectivity index (χ1v) is 18.5. The lowest BCUT2D eigenvalue weighted by Crippen LogP contribution is -2.48. The van der Waals surface area contributed by atoms with Crippen molar-refractivity contribution in [1.82, 2.24) is 29.4 Å². The second-order valence-electron chi connectivity index (χ2n) is 12.4. The molecule has 1 amide bonds. The largest absolute Gasteiger partial charge is 0.437 e. The number of amides is 1. The number of halogens is 2. The number of piperidine rings is 1. The van der Waals surface area contributed by atoms with Crippen molar-refractivity contribution < 1.29 is 17.9 Å². The van der Waals surface area contributed by atoms with Crippen LogP contribution in [0.4, 0.5) is 5.82 Å². The minimum Gasteiger partial charge on any atom is -0.437 e. The maximum absolute atomic E-state index is 11.7. The van der Waals surface area contributed by atoms with Crippen LogP contribution in [-0.2, 0) is 21.4 Å². The third-order valence-corrected chi connectivity index (χ3v) is 10.5. The van der Waals surface area contributed by atoms with E-state index in [0.29, 0.717) is 46.4 Å². The Kier molecular flexibility index (Phi) is 12.0. The molecule has 2 aromatic heterocycles. The zero-order valence-corrected chi connectivity index (χ0v) is 29.5. The first-order valence-electron chi connectivity index (χ1n) is 15.9. The summed E-state index contributed by atoms with van der Waals surface area (Å²) in [7, 11) is -1.56. The van der Waals surface area contributed by atoms with E-state index in [1.165, 1.54) is 10.6 Å². The number of benzene rings is 1. The third kappa shape index (κ3) is 10.5. The molecule has 0 unspecified atom stereocenters. The van der Waals surface area contributed by atoms with Crippen molar-refractivity contribution >= 4 is 45.0 Å². The van der Waals surface area contributed by atoms with Crippen molar-refractivity contribution in [3.8, 4) is 22.9 Å². The zero-order valence-electron chi connectivity index (χ0n) is 27.2. The predicted molar refractivity (Wildman–Crippen MR) is 187 cm³/mol. The Morgan fingerprint density at radius 2 is 1.70 bits per heavy atom. The van der Waals surface area contributed by atoms with Crippen molar-refractivity contribution in [2.24, 2.45) is 5.92 Å². The van der Waals surface area contributed by atoms with E-state index in [2.05, 4.69) is 31.1 Å². The standard InChI is InChI=1S/C33H43Cl2N7O4S/c1-24(43)36-21-25-6-8-41(9-7-25)23-26-16-31(27-18-28(34)20-29(35)19-27)38-33(17-26)46-30-4-5-32(37-22-30)42-14-12-40(13-15-42)11-10-39(2)47(3,44)45/h4-5,16-20,22,25H,6-15,21,23H2,1-3H3,(H,36,43). The average molecular weight is 705 g/mol. The number of nitrogens with one attached hydrogen (secondary N) is 1. The number of rotatable bonds is 12. The Labute approximate surface area is 287 Å². The molecular weight excluding hydrogens is 661 g/mol. The number of piperazine rings is 1. The van der Waals surface area contributed by atoms with Crippen LogP contribution in [0, 0.1) is 5.92 Å². The SMILES string of the molecule is CC(=O)NCC1CCN(Cc2cc(Oc3ccc(N4CCN(CCN(C)S(C)(=O)=O)CC4)nc3)nc(-c3cc(Cl)cc(Cl)c3)c2)CC1. The van der Waals surface area contributed by atoms with Gasteiger partial charge in [-0.15, -0.1) is 0 Å². The number of ether oxygens (including phenoxy) is 1. The summed E-state index contributed by atoms with van der Waals surface area (Å²) in [5.41, 5.74) is 2.58. The van der Waals surface area contributed by atoms with Crippen molar-refractivity contribution in [2.75, 3.05) is 77.1 Å². The van der Waals surface area contributed by atoms with E-state index >= 15 is 0 Å². The lowest BCUT2D eigenvalue weighted by atomic mass is 9.96. The molecule has 2 aliphatic heterocycles. The molecule has 4 heterocycles. The summed E-state index contributed by atoms with van der Waals surface area (Å²) in [5, 5.41) is 4.01. The number of hydrogen-bond donors (Lipinski definition) is 1. The van der Waals surface area contributed by atoms with E-state index in [9.17, 15) is 13.2 Å². The molecule has 5 rings (SSSR count). The van der Waals surface area contributed by atoms with E-state index < -0.39 is 10.0 Å². The minimum atomic E-state index is -3.17. The fourth-order valence-corrected chi connectivity index (χ4v) is 6.78. The van der Waals surface area contributed by atoms with Gasteiger partial charge in [0.25, 0.3) is 0 Å². The van der Waals surface area contributed by atoms with Gasteiger partial charge in [0.05, 0.1) is 18.1 Å². The van der Waals surface area contributed by atoms with Crippen LogP contribution >= 0.6 is 23.2 Å². The number of nitrogens with zero attached hydrogens (tertiary/aromatic N) is 6. The molecule has 0 bridgehead atoms. The highest BCUT2D eigenvalue weighted by Gasteiger charge is 2.22. The molecule has 2 fully saturated rings. The molecule has 2 saturated heterocycles. The van der Waals surface area contributed by atoms with Gasteiger partial charge >= 0.3 is 0 Å². The van der Waals surface area contributed by atoms with Crippen LogP contribution in [0.1, 0.15) is 25.3 Å². The molecule has 47 heavy (non-hydrogen) atoms. The summed E-state index contributed by atoms with van der Waals surface area (Å²) in [6.45, 7) is 9.35. The number of likely N-dealkylation sites (N-methyl/N-ethyl adjacent to an activating group) is 1. The second-order valence-corrected chi connectivity index (χ2v) is 15.3. The van der Waals surface area contributed by atoms with Crippen LogP contribution in [0.25, 0.3) is 11.3 Å². The molecule has 254 valence electrons. The molecule has 0 saturated carbocycles. The Balaban J connectivity index is 1.24. The maximum atomic E-state index is 11.7. The fraction of sp³-hybridized carbons (Fsp3) is 0.485. The molecule has 1 N–H and O–H groups in total. The molecule has 3 aromatic rings. The lowest BCUT2D eigenvalue weighted by molar-refractivity contribution is -0.119. The van der Waals surface area contributed by atoms with Crippen LogP contribution in [-0.4, -0.2) is 111 Å². The number of sulfonamides is 1. The molecule has 2 aliphatic rings. The normalized spacial score (nSPS) is 16.9. The van der Waals surface area contributed by atoms with E-state index in [1.54, 1.807) is 26.2 Å². The molecular formula is C33H43Cl2N7O4S. The highest BCUT2D eigenvalue weighted by Crippen LogP contribution is 2.31. The van der Waals surface area contributed by atoms with Gasteiger partial charge in [0.2, 0.25) is 21.8 Å². The topological polar surface area (TPSA) is 111 Å². The van der Waals surface area contributed by atoms with Gasteiger partial charge in [-0.2, -0.15) is 0 Å². The number of pyridine rings is 2. The molecule has 0 atom stereocenters. The summed E-state index contributed by atoms with van der Waals surface area (Å²) >= 11 is 12.7. The van der Waals surface area contributed by atoms with Crippen molar-refractivity contribution in [3.63, 3.8) is 0 Å². The zero-order chi connectivity index (χ0) is 33.6. The number of aromatic nitrogens is 2. The van der Waals surface area contributed by atoms with Crippen molar-refractivity contribution in [3.05, 3.63) is 64.3 Å². The number of carbonyl (C=O) groups is 1. The van der Waals surface area contributed by atoms with Crippen LogP contribution in [0.3, 0.4) is 0 Å². The summed E-state index contributed by atoms with van der Waals surface area (Å²) in [5.74, 6) is 2.40. The van der Waals surface area contributed by atoms with E-state index in [-0.39, 0.29) is 5.91 Å². The van der Waals surface area contributed by atoms with Gasteiger partial charge < -0.3 is 15.0 Å². The Morgan fingerprint density at radius 3 is 2.32 bits per heavy atom. The van der Waals surface area contributed by atoms with Crippen molar-refractivity contribution in [1.29, 1.82) is 0 Å². The first-order chi connectivity index (χ1) is 22.4. The van der Waals surface area contributed by atoms with Crippen molar-refractivity contribution in [2.45, 2.75) is 26.3 Å². The van der Waals surface area contributed by atoms with Crippen LogP contribution in [0.5, 0.6) is 11.6 Å². The van der Waals surface area contributed by atoms with Gasteiger partial charge in [0.15, 0.2) is 0 Å². The van der Waals surface area contributed by atoms with E-state index in [0.717, 1.165) is 82.1 Å². The Hall–Kier alpha value is -3.00. The summed E-state index contributed by atoms with van der Waals surface area (Å²) < 4.78 is 31.0. The monoisotopic (exact) mass is 703 g/mol. The van der Waals surface area contributed by atoms with Gasteiger partial charge in [-0.05, 0) is 73.8 Å². The van der Waals surface area contributed by atoms with Gasteiger partial charge in [-0.25, -0.2) is 22.7 Å². The Morgan fingerprint density at radius 1 is 1.00 bits per heavy atom. The number of hydrogen-bond acceptors (Lipinski definition) is 9. The first kappa shape index (κ1) is 35.3. The average Bonchev–Trinajstić information content (AvgIpc) is 3.03. The van der Waals surface area contributed by atoms with Crippen LogP contribution < -0.4 is 15.0 Å². The molecule has 0 radical (unpaired) electrons. The summed E-state index contributed by atoms with van der Waals surface area (Å²) in [6, 6.07) is 13.3. The van der Waals surface area contributed by atoms with E-state index in [1.807, 2.05) is 30.3 Å². The number of anilines is 1. The minimum absolute atomic E-state index is 0.0160. The fourth-order valence-electron chi connectivity index (χ4n) is 5.84. The third-order valence-electron chi connectivity index (χ3n) is 8.71. The predicted octanol–water partition coefficient (Wildman–Crippen LogP) is 4.60. The number of carbonyl (C=O) groups excluding carboxylic acids is 1. The van der Waals surface area contributed by atoms with Gasteiger partial charge in [-0.3, -0.25) is 14.6 Å². The maximum Gasteiger partial charge on any atom is 0.220 e. The highest BCUT2D eigenvalue weighted by atomic mass is 35.5. The molecule has 0 aliphatic carbocycles. The second kappa shape index (κ2) is 15.9. The van der Waals surface area contributed by atoms with Crippen LogP contribution in [0.15, 0.2) is 48.7 Å². The van der Waals surface area contributed by atoms with Gasteiger partial charge in [-0.1, -0.05) is 23.2 Å².